The Labute approximate surface area is 142 Å². The number of nitrogens with zero attached hydrogens (tertiary/aromatic N) is 1. The van der Waals surface area contributed by atoms with E-state index in [-0.39, 0.29) is 5.91 Å². The summed E-state index contributed by atoms with van der Waals surface area (Å²) in [5.74, 6) is 0.212. The van der Waals surface area contributed by atoms with Gasteiger partial charge in [-0.3, -0.25) is 4.79 Å². The summed E-state index contributed by atoms with van der Waals surface area (Å²) in [6.45, 7) is 0.814. The Morgan fingerprint density at radius 1 is 1.13 bits per heavy atom. The van der Waals surface area contributed by atoms with E-state index < -0.39 is 0 Å². The normalized spacial score (nSPS) is 15.3. The molecule has 0 saturated carbocycles. The Balaban J connectivity index is 1.84. The maximum Gasteiger partial charge on any atom is 0.226 e. The van der Waals surface area contributed by atoms with E-state index >= 15 is 0 Å². The van der Waals surface area contributed by atoms with Crippen LogP contribution in [0.15, 0.2) is 60.8 Å². The molecule has 1 saturated heterocycles. The Kier molecular flexibility index (Phi) is 5.14. The van der Waals surface area contributed by atoms with Gasteiger partial charge in [0.05, 0.1) is 0 Å². The molecule has 3 rings (SSSR count). The maximum absolute atomic E-state index is 11.9. The lowest BCUT2D eigenvalue weighted by molar-refractivity contribution is -0.125. The minimum absolute atomic E-state index is 0.212. The first kappa shape index (κ1) is 15.8. The fourth-order valence-corrected chi connectivity index (χ4v) is 3.08. The molecule has 1 fully saturated rings. The molecule has 1 aliphatic rings. The van der Waals surface area contributed by atoms with Gasteiger partial charge in [0.15, 0.2) is 0 Å². The monoisotopic (exact) mass is 325 g/mol. The number of rotatable bonds is 5. The van der Waals surface area contributed by atoms with Gasteiger partial charge in [-0.15, -0.1) is 0 Å². The van der Waals surface area contributed by atoms with E-state index in [0.717, 1.165) is 42.0 Å². The van der Waals surface area contributed by atoms with E-state index in [1.807, 2.05) is 35.4 Å². The predicted molar refractivity (Wildman–Crippen MR) is 95.1 cm³/mol. The second-order valence-electron chi connectivity index (χ2n) is 5.84. The zero-order valence-electron chi connectivity index (χ0n) is 13.0. The molecule has 0 aliphatic carbocycles. The summed E-state index contributed by atoms with van der Waals surface area (Å²) >= 11 is 6.14. The number of halogens is 1. The van der Waals surface area contributed by atoms with Crippen LogP contribution in [0.1, 0.15) is 30.4 Å². The number of likely N-dealkylation sites (tertiary alicyclic amines) is 1. The third-order valence-electron chi connectivity index (χ3n) is 4.14. The molecular formula is C20H20ClNO. The van der Waals surface area contributed by atoms with Gasteiger partial charge in [0.25, 0.3) is 0 Å². The molecule has 0 unspecified atom stereocenters. The largest absolute Gasteiger partial charge is 0.319 e. The fraction of sp³-hybridized carbons (Fsp3) is 0.250. The van der Waals surface area contributed by atoms with Crippen LogP contribution >= 0.6 is 11.6 Å². The number of benzene rings is 2. The molecule has 0 N–H and O–H groups in total. The van der Waals surface area contributed by atoms with Crippen LogP contribution in [-0.2, 0) is 11.2 Å². The minimum Gasteiger partial charge on any atom is -0.319 e. The van der Waals surface area contributed by atoms with E-state index in [1.165, 1.54) is 5.56 Å². The lowest BCUT2D eigenvalue weighted by Gasteiger charge is -2.15. The van der Waals surface area contributed by atoms with Crippen LogP contribution < -0.4 is 0 Å². The van der Waals surface area contributed by atoms with Crippen molar-refractivity contribution >= 4 is 23.1 Å². The highest BCUT2D eigenvalue weighted by molar-refractivity contribution is 6.30. The number of allylic oxidation sites excluding steroid dienone is 1. The van der Waals surface area contributed by atoms with Gasteiger partial charge in [-0.05, 0) is 48.1 Å². The molecule has 2 nitrogen and oxygen atoms in total. The van der Waals surface area contributed by atoms with E-state index in [4.69, 9.17) is 11.6 Å². The van der Waals surface area contributed by atoms with Crippen molar-refractivity contribution in [3.8, 4) is 0 Å². The first-order valence-corrected chi connectivity index (χ1v) is 8.40. The van der Waals surface area contributed by atoms with Crippen molar-refractivity contribution in [2.75, 3.05) is 6.54 Å². The molecule has 0 atom stereocenters. The lowest BCUT2D eigenvalue weighted by Crippen LogP contribution is -2.18. The van der Waals surface area contributed by atoms with Gasteiger partial charge in [-0.25, -0.2) is 0 Å². The van der Waals surface area contributed by atoms with Crippen LogP contribution in [-0.4, -0.2) is 17.4 Å². The molecule has 1 aliphatic heterocycles. The average molecular weight is 326 g/mol. The van der Waals surface area contributed by atoms with Gasteiger partial charge in [-0.2, -0.15) is 0 Å². The minimum atomic E-state index is 0.212. The van der Waals surface area contributed by atoms with Crippen LogP contribution in [0.2, 0.25) is 5.02 Å². The van der Waals surface area contributed by atoms with Crippen molar-refractivity contribution in [3.63, 3.8) is 0 Å². The van der Waals surface area contributed by atoms with Gasteiger partial charge >= 0.3 is 0 Å². The predicted octanol–water partition coefficient (Wildman–Crippen LogP) is 4.94. The van der Waals surface area contributed by atoms with Crippen molar-refractivity contribution in [1.29, 1.82) is 0 Å². The molecule has 118 valence electrons. The fourth-order valence-electron chi connectivity index (χ4n) is 2.89. The zero-order chi connectivity index (χ0) is 16.1. The summed E-state index contributed by atoms with van der Waals surface area (Å²) in [6.07, 6.45) is 5.44. The Hall–Kier alpha value is -2.06. The van der Waals surface area contributed by atoms with Crippen molar-refractivity contribution in [2.45, 2.75) is 25.7 Å². The van der Waals surface area contributed by atoms with Gasteiger partial charge in [0.1, 0.15) is 0 Å². The van der Waals surface area contributed by atoms with E-state index in [2.05, 4.69) is 30.3 Å². The van der Waals surface area contributed by atoms with Crippen molar-refractivity contribution < 1.29 is 4.79 Å². The smallest absolute Gasteiger partial charge is 0.226 e. The molecule has 1 amide bonds. The molecule has 2 aromatic carbocycles. The molecule has 3 heteroatoms. The number of hydrogen-bond acceptors (Lipinski definition) is 1. The summed E-state index contributed by atoms with van der Waals surface area (Å²) in [4.78, 5) is 13.8. The Morgan fingerprint density at radius 2 is 1.96 bits per heavy atom. The average Bonchev–Trinajstić information content (AvgIpc) is 2.97. The van der Waals surface area contributed by atoms with Crippen molar-refractivity contribution in [3.05, 3.63) is 76.9 Å². The number of amides is 1. The molecular weight excluding hydrogens is 306 g/mol. The number of hydrogen-bond donors (Lipinski definition) is 0. The highest BCUT2D eigenvalue weighted by Crippen LogP contribution is 2.25. The van der Waals surface area contributed by atoms with E-state index in [1.54, 1.807) is 0 Å². The first-order valence-electron chi connectivity index (χ1n) is 8.02. The molecule has 23 heavy (non-hydrogen) atoms. The molecule has 1 heterocycles. The zero-order valence-corrected chi connectivity index (χ0v) is 13.8. The summed E-state index contributed by atoms with van der Waals surface area (Å²) in [6, 6.07) is 18.3. The molecule has 2 aromatic rings. The van der Waals surface area contributed by atoms with Crippen LogP contribution in [0.3, 0.4) is 0 Å². The highest BCUT2D eigenvalue weighted by Gasteiger charge is 2.19. The van der Waals surface area contributed by atoms with Gasteiger partial charge in [0.2, 0.25) is 5.91 Å². The second-order valence-corrected chi connectivity index (χ2v) is 6.28. The summed E-state index contributed by atoms with van der Waals surface area (Å²) in [7, 11) is 0. The van der Waals surface area contributed by atoms with Gasteiger partial charge in [-0.1, -0.05) is 54.1 Å². The molecule has 0 radical (unpaired) electrons. The first-order chi connectivity index (χ1) is 11.2. The Bertz CT molecular complexity index is 709. The summed E-state index contributed by atoms with van der Waals surface area (Å²) in [5.41, 5.74) is 3.55. The standard InChI is InChI=1S/C20H20ClNO/c21-19-9-4-8-17(14-19)18(15-22-13-5-10-20(22)23)12-11-16-6-2-1-3-7-16/h1-4,6-9,14-15H,5,10-13H2/b18-15+. The quantitative estimate of drug-likeness (QED) is 0.762. The third-order valence-corrected chi connectivity index (χ3v) is 4.38. The van der Waals surface area contributed by atoms with E-state index in [0.29, 0.717) is 6.42 Å². The van der Waals surface area contributed by atoms with Crippen LogP contribution in [0.5, 0.6) is 0 Å². The lowest BCUT2D eigenvalue weighted by atomic mass is 9.99. The third kappa shape index (κ3) is 4.23. The molecule has 0 aromatic heterocycles. The topological polar surface area (TPSA) is 20.3 Å². The summed E-state index contributed by atoms with van der Waals surface area (Å²) in [5, 5.41) is 0.723. The highest BCUT2D eigenvalue weighted by atomic mass is 35.5. The number of carbonyl (C=O) groups is 1. The molecule has 0 bridgehead atoms. The van der Waals surface area contributed by atoms with Crippen LogP contribution in [0.25, 0.3) is 5.57 Å². The number of aryl methyl sites for hydroxylation is 1. The van der Waals surface area contributed by atoms with Crippen molar-refractivity contribution in [2.24, 2.45) is 0 Å². The second kappa shape index (κ2) is 7.47. The van der Waals surface area contributed by atoms with Gasteiger partial charge < -0.3 is 4.90 Å². The Morgan fingerprint density at radius 3 is 2.65 bits per heavy atom. The van der Waals surface area contributed by atoms with Gasteiger partial charge in [0, 0.05) is 24.2 Å². The SMILES string of the molecule is O=C1CCCN1/C=C(\CCc1ccccc1)c1cccc(Cl)c1. The molecule has 0 spiro atoms. The van der Waals surface area contributed by atoms with Crippen molar-refractivity contribution in [1.82, 2.24) is 4.90 Å². The van der Waals surface area contributed by atoms with E-state index in [9.17, 15) is 4.79 Å². The van der Waals surface area contributed by atoms with Crippen LogP contribution in [0, 0.1) is 0 Å². The maximum atomic E-state index is 11.9. The number of carbonyl (C=O) groups excluding carboxylic acids is 1. The van der Waals surface area contributed by atoms with Crippen LogP contribution in [0.4, 0.5) is 0 Å². The summed E-state index contributed by atoms with van der Waals surface area (Å²) < 4.78 is 0.